The monoisotopic (exact) mass is 478 g/mol. The summed E-state index contributed by atoms with van der Waals surface area (Å²) in [5, 5.41) is 9.09. The van der Waals surface area contributed by atoms with Gasteiger partial charge in [0.25, 0.3) is 0 Å². The van der Waals surface area contributed by atoms with Gasteiger partial charge in [-0.05, 0) is 17.9 Å². The van der Waals surface area contributed by atoms with Crippen LogP contribution in [0.2, 0.25) is 5.02 Å². The van der Waals surface area contributed by atoms with Crippen LogP contribution in [0.3, 0.4) is 0 Å². The van der Waals surface area contributed by atoms with Gasteiger partial charge in [-0.3, -0.25) is 4.79 Å². The fourth-order valence-electron chi connectivity index (χ4n) is 3.52. The Bertz CT molecular complexity index is 1090. The maximum atomic E-state index is 13.9. The van der Waals surface area contributed by atoms with Gasteiger partial charge < -0.3 is 15.0 Å². The molecule has 0 saturated carbocycles. The molecule has 0 bridgehead atoms. The number of carbonyl (C=O) groups excluding carboxylic acids is 1. The highest BCUT2D eigenvalue weighted by atomic mass is 35.5. The van der Waals surface area contributed by atoms with Gasteiger partial charge in [0.15, 0.2) is 10.8 Å². The number of nitrogens with zero attached hydrogens (tertiary/aromatic N) is 5. The maximum Gasteiger partial charge on any atom is 0.224 e. The summed E-state index contributed by atoms with van der Waals surface area (Å²) in [6.45, 7) is 5.67. The van der Waals surface area contributed by atoms with Gasteiger partial charge in [-0.2, -0.15) is 5.10 Å². The van der Waals surface area contributed by atoms with Crippen molar-refractivity contribution in [3.63, 3.8) is 0 Å². The number of morpholine rings is 1. The van der Waals surface area contributed by atoms with Gasteiger partial charge in [0.1, 0.15) is 11.6 Å². The van der Waals surface area contributed by atoms with Crippen molar-refractivity contribution in [2.45, 2.75) is 25.0 Å². The average Bonchev–Trinajstić information content (AvgIpc) is 3.20. The Kier molecular flexibility index (Phi) is 7.44. The highest BCUT2D eigenvalue weighted by molar-refractivity contribution is 7.99. The lowest BCUT2D eigenvalue weighted by atomic mass is 10.1. The third-order valence-electron chi connectivity index (χ3n) is 5.08. The highest BCUT2D eigenvalue weighted by Crippen LogP contribution is 2.27. The molecule has 11 heteroatoms. The van der Waals surface area contributed by atoms with Crippen LogP contribution in [0.4, 0.5) is 10.2 Å². The van der Waals surface area contributed by atoms with Gasteiger partial charge in [0.2, 0.25) is 5.91 Å². The van der Waals surface area contributed by atoms with Gasteiger partial charge in [0, 0.05) is 30.2 Å². The highest BCUT2D eigenvalue weighted by Gasteiger charge is 2.20. The molecule has 4 rings (SSSR count). The van der Waals surface area contributed by atoms with Crippen molar-refractivity contribution in [1.82, 2.24) is 25.1 Å². The normalized spacial score (nSPS) is 14.2. The molecule has 32 heavy (non-hydrogen) atoms. The summed E-state index contributed by atoms with van der Waals surface area (Å²) in [5.41, 5.74) is 0.921. The summed E-state index contributed by atoms with van der Waals surface area (Å²) >= 11 is 7.59. The number of hydrogen-bond acceptors (Lipinski definition) is 7. The molecule has 1 amide bonds. The van der Waals surface area contributed by atoms with Crippen LogP contribution in [-0.4, -0.2) is 64.3 Å². The molecular formula is C21H24ClFN6O2S. The third kappa shape index (κ3) is 5.13. The summed E-state index contributed by atoms with van der Waals surface area (Å²) in [4.78, 5) is 23.9. The van der Waals surface area contributed by atoms with E-state index in [0.717, 1.165) is 35.7 Å². The summed E-state index contributed by atoms with van der Waals surface area (Å²) < 4.78 is 21.1. The van der Waals surface area contributed by atoms with E-state index in [1.165, 1.54) is 12.1 Å². The smallest absolute Gasteiger partial charge is 0.224 e. The molecule has 1 aromatic carbocycles. The maximum absolute atomic E-state index is 13.9. The van der Waals surface area contributed by atoms with E-state index in [9.17, 15) is 9.18 Å². The molecule has 3 heterocycles. The molecule has 8 nitrogen and oxygen atoms in total. The first kappa shape index (κ1) is 22.8. The van der Waals surface area contributed by atoms with E-state index in [2.05, 4.69) is 27.2 Å². The van der Waals surface area contributed by atoms with Crippen molar-refractivity contribution in [3.05, 3.63) is 40.8 Å². The van der Waals surface area contributed by atoms with Gasteiger partial charge in [0.05, 0.1) is 37.8 Å². The summed E-state index contributed by atoms with van der Waals surface area (Å²) in [7, 11) is 0. The number of fused-ring (bicyclic) bond motifs is 1. The van der Waals surface area contributed by atoms with Crippen molar-refractivity contribution >= 4 is 46.1 Å². The Hall–Kier alpha value is -2.43. The van der Waals surface area contributed by atoms with Crippen LogP contribution >= 0.6 is 23.4 Å². The number of anilines is 1. The van der Waals surface area contributed by atoms with E-state index in [-0.39, 0.29) is 22.9 Å². The predicted octanol–water partition coefficient (Wildman–Crippen LogP) is 2.93. The number of hydrogen-bond donors (Lipinski definition) is 1. The SMILES string of the molecule is CCSc1nc(N2CCOCC2)c2cnn(CCNC(=O)Cc3c(F)cccc3Cl)c2n1. The standard InChI is InChI=1S/C21H24ClFN6O2S/c1-2-32-21-26-19(28-8-10-31-11-9-28)15-13-25-29(20(15)27-21)7-6-24-18(30)12-14-16(22)4-3-5-17(14)23/h3-5,13H,2,6-12H2,1H3,(H,24,30). The molecule has 1 N–H and O–H groups in total. The molecule has 0 radical (unpaired) electrons. The fourth-order valence-corrected chi connectivity index (χ4v) is 4.31. The van der Waals surface area contributed by atoms with Gasteiger partial charge >= 0.3 is 0 Å². The van der Waals surface area contributed by atoms with Crippen molar-refractivity contribution in [2.24, 2.45) is 0 Å². The van der Waals surface area contributed by atoms with Crippen LogP contribution in [0.1, 0.15) is 12.5 Å². The number of aromatic nitrogens is 4. The molecule has 0 atom stereocenters. The third-order valence-corrected chi connectivity index (χ3v) is 6.17. The van der Waals surface area contributed by atoms with Crippen molar-refractivity contribution in [2.75, 3.05) is 43.5 Å². The molecular weight excluding hydrogens is 455 g/mol. The Balaban J connectivity index is 1.47. The summed E-state index contributed by atoms with van der Waals surface area (Å²) in [6, 6.07) is 4.38. The number of carbonyl (C=O) groups is 1. The van der Waals surface area contributed by atoms with Crippen LogP contribution < -0.4 is 10.2 Å². The molecule has 3 aromatic rings. The fraction of sp³-hybridized carbons (Fsp3) is 0.429. The minimum atomic E-state index is -0.487. The lowest BCUT2D eigenvalue weighted by Gasteiger charge is -2.28. The van der Waals surface area contributed by atoms with E-state index < -0.39 is 5.82 Å². The van der Waals surface area contributed by atoms with Crippen LogP contribution in [0, 0.1) is 5.82 Å². The number of ether oxygens (including phenoxy) is 1. The zero-order valence-electron chi connectivity index (χ0n) is 17.7. The molecule has 1 aliphatic rings. The Morgan fingerprint density at radius 3 is 2.88 bits per heavy atom. The van der Waals surface area contributed by atoms with Crippen LogP contribution in [0.15, 0.2) is 29.6 Å². The van der Waals surface area contributed by atoms with Crippen LogP contribution in [0.25, 0.3) is 11.0 Å². The molecule has 0 spiro atoms. The number of halogens is 2. The molecule has 1 aliphatic heterocycles. The quantitative estimate of drug-likeness (QED) is 0.393. The first-order valence-electron chi connectivity index (χ1n) is 10.5. The topological polar surface area (TPSA) is 85.2 Å². The van der Waals surface area contributed by atoms with E-state index in [1.807, 2.05) is 0 Å². The summed E-state index contributed by atoms with van der Waals surface area (Å²) in [6.07, 6.45) is 1.65. The minimum absolute atomic E-state index is 0.119. The van der Waals surface area contributed by atoms with E-state index in [0.29, 0.717) is 31.5 Å². The number of amides is 1. The van der Waals surface area contributed by atoms with Gasteiger partial charge in [-0.15, -0.1) is 0 Å². The molecule has 170 valence electrons. The van der Waals surface area contributed by atoms with Crippen LogP contribution in [0.5, 0.6) is 0 Å². The number of thioether (sulfide) groups is 1. The second-order valence-corrected chi connectivity index (χ2v) is 8.83. The Morgan fingerprint density at radius 1 is 1.31 bits per heavy atom. The zero-order valence-corrected chi connectivity index (χ0v) is 19.3. The first-order chi connectivity index (χ1) is 15.6. The first-order valence-corrected chi connectivity index (χ1v) is 11.8. The van der Waals surface area contributed by atoms with Crippen LogP contribution in [-0.2, 0) is 22.5 Å². The zero-order chi connectivity index (χ0) is 22.5. The molecule has 1 fully saturated rings. The Labute approximate surface area is 194 Å². The molecule has 1 saturated heterocycles. The van der Waals surface area contributed by atoms with Crippen molar-refractivity contribution in [1.29, 1.82) is 0 Å². The molecule has 0 aliphatic carbocycles. The summed E-state index contributed by atoms with van der Waals surface area (Å²) in [5.74, 6) is 0.925. The second-order valence-electron chi connectivity index (χ2n) is 7.19. The predicted molar refractivity (Wildman–Crippen MR) is 123 cm³/mol. The Morgan fingerprint density at radius 2 is 2.12 bits per heavy atom. The van der Waals surface area contributed by atoms with Crippen molar-refractivity contribution in [3.8, 4) is 0 Å². The number of rotatable bonds is 8. The van der Waals surface area contributed by atoms with E-state index in [4.69, 9.17) is 21.3 Å². The number of benzene rings is 1. The average molecular weight is 479 g/mol. The lowest BCUT2D eigenvalue weighted by Crippen LogP contribution is -2.37. The number of nitrogens with one attached hydrogen (secondary N) is 1. The molecule has 0 unspecified atom stereocenters. The second kappa shape index (κ2) is 10.5. The van der Waals surface area contributed by atoms with Crippen molar-refractivity contribution < 1.29 is 13.9 Å². The minimum Gasteiger partial charge on any atom is -0.378 e. The van der Waals surface area contributed by atoms with Gasteiger partial charge in [-0.25, -0.2) is 19.0 Å². The molecule has 2 aromatic heterocycles. The largest absolute Gasteiger partial charge is 0.378 e. The van der Waals surface area contributed by atoms with E-state index >= 15 is 0 Å². The van der Waals surface area contributed by atoms with E-state index in [1.54, 1.807) is 28.7 Å². The lowest BCUT2D eigenvalue weighted by molar-refractivity contribution is -0.120. The van der Waals surface area contributed by atoms with Gasteiger partial charge in [-0.1, -0.05) is 36.4 Å².